The Kier molecular flexibility index (Phi) is 5.66. The summed E-state index contributed by atoms with van der Waals surface area (Å²) in [6.45, 7) is 4.00. The van der Waals surface area contributed by atoms with Crippen LogP contribution in [0.25, 0.3) is 0 Å². The van der Waals surface area contributed by atoms with Gasteiger partial charge >= 0.3 is 5.97 Å². The van der Waals surface area contributed by atoms with E-state index >= 15 is 0 Å². The lowest BCUT2D eigenvalue weighted by Gasteiger charge is -2.21. The van der Waals surface area contributed by atoms with Gasteiger partial charge in [-0.25, -0.2) is 0 Å². The Balaban J connectivity index is 3.67. The fourth-order valence-electron chi connectivity index (χ4n) is 0.988. The van der Waals surface area contributed by atoms with Crippen molar-refractivity contribution in [1.29, 1.82) is 0 Å². The third kappa shape index (κ3) is 6.54. The van der Waals surface area contributed by atoms with Crippen LogP contribution >= 0.6 is 0 Å². The first kappa shape index (κ1) is 12.4. The predicted molar refractivity (Wildman–Crippen MR) is 48.4 cm³/mol. The van der Waals surface area contributed by atoms with Crippen LogP contribution in [-0.4, -0.2) is 37.0 Å². The molecule has 0 aromatic rings. The van der Waals surface area contributed by atoms with Crippen LogP contribution in [-0.2, 0) is 14.3 Å². The monoisotopic (exact) mass is 190 g/mol. The highest BCUT2D eigenvalue weighted by molar-refractivity contribution is 5.69. The number of hydrogen-bond donors (Lipinski definition) is 1. The number of aliphatic hydroxyl groups is 1. The predicted octanol–water partition coefficient (Wildman–Crippen LogP) is 0.727. The van der Waals surface area contributed by atoms with E-state index in [0.717, 1.165) is 0 Å². The molecule has 1 N–H and O–H groups in total. The Labute approximate surface area is 78.8 Å². The van der Waals surface area contributed by atoms with E-state index in [1.54, 1.807) is 13.8 Å². The molecule has 0 aliphatic rings. The highest BCUT2D eigenvalue weighted by Gasteiger charge is 2.21. The number of ether oxygens (including phenoxy) is 2. The second-order valence-corrected chi connectivity index (χ2v) is 3.23. The van der Waals surface area contributed by atoms with Gasteiger partial charge in [0, 0.05) is 13.5 Å². The summed E-state index contributed by atoms with van der Waals surface area (Å²) >= 11 is 0. The summed E-state index contributed by atoms with van der Waals surface area (Å²) in [6, 6.07) is 0. The van der Waals surface area contributed by atoms with Gasteiger partial charge in [0.1, 0.15) is 0 Å². The normalized spacial score (nSPS) is 15.1. The van der Waals surface area contributed by atoms with Gasteiger partial charge in [0.15, 0.2) is 0 Å². The molecule has 0 radical (unpaired) electrons. The average Bonchev–Trinajstić information content (AvgIpc) is 2.02. The zero-order valence-electron chi connectivity index (χ0n) is 8.50. The summed E-state index contributed by atoms with van der Waals surface area (Å²) in [5.74, 6) is -0.279. The van der Waals surface area contributed by atoms with Crippen LogP contribution in [0.4, 0.5) is 0 Å². The van der Waals surface area contributed by atoms with Crippen molar-refractivity contribution in [1.82, 2.24) is 0 Å². The van der Waals surface area contributed by atoms with E-state index in [1.807, 2.05) is 0 Å². The number of carbonyl (C=O) groups is 1. The van der Waals surface area contributed by atoms with Gasteiger partial charge in [0.05, 0.1) is 18.8 Å². The molecular formula is C9H18O4. The molecule has 0 aliphatic heterocycles. The molecule has 0 aliphatic carbocycles. The van der Waals surface area contributed by atoms with Gasteiger partial charge in [-0.2, -0.15) is 0 Å². The maximum Gasteiger partial charge on any atom is 0.305 e. The zero-order valence-corrected chi connectivity index (χ0v) is 8.50. The van der Waals surface area contributed by atoms with E-state index in [1.165, 1.54) is 7.11 Å². The quantitative estimate of drug-likeness (QED) is 0.627. The summed E-state index contributed by atoms with van der Waals surface area (Å²) < 4.78 is 9.52. The smallest absolute Gasteiger partial charge is 0.305 e. The lowest BCUT2D eigenvalue weighted by Crippen LogP contribution is -2.31. The van der Waals surface area contributed by atoms with Crippen LogP contribution in [0.3, 0.4) is 0 Å². The maximum atomic E-state index is 10.9. The lowest BCUT2D eigenvalue weighted by atomic mass is 10.0. The Morgan fingerprint density at radius 2 is 2.15 bits per heavy atom. The molecular weight excluding hydrogens is 172 g/mol. The van der Waals surface area contributed by atoms with E-state index in [4.69, 9.17) is 9.47 Å². The molecule has 0 rings (SSSR count). The summed E-state index contributed by atoms with van der Waals surface area (Å²) in [6.07, 6.45) is 0.587. The largest absolute Gasteiger partial charge is 0.466 e. The number of rotatable bonds is 6. The van der Waals surface area contributed by atoms with Crippen molar-refractivity contribution in [3.63, 3.8) is 0 Å². The molecule has 4 heteroatoms. The van der Waals surface area contributed by atoms with Crippen molar-refractivity contribution in [2.45, 2.75) is 32.3 Å². The molecule has 0 aromatic heterocycles. The fourth-order valence-corrected chi connectivity index (χ4v) is 0.988. The van der Waals surface area contributed by atoms with Crippen molar-refractivity contribution in [3.05, 3.63) is 0 Å². The third-order valence-electron chi connectivity index (χ3n) is 1.63. The third-order valence-corrected chi connectivity index (χ3v) is 1.63. The van der Waals surface area contributed by atoms with Crippen LogP contribution in [0.2, 0.25) is 0 Å². The Hall–Kier alpha value is -0.610. The summed E-state index contributed by atoms with van der Waals surface area (Å²) in [4.78, 5) is 10.9. The average molecular weight is 190 g/mol. The van der Waals surface area contributed by atoms with Crippen LogP contribution in [0.15, 0.2) is 0 Å². The summed E-state index contributed by atoms with van der Waals surface area (Å²) in [7, 11) is 1.51. The topological polar surface area (TPSA) is 55.8 Å². The summed E-state index contributed by atoms with van der Waals surface area (Å²) in [5.41, 5.74) is -0.943. The van der Waals surface area contributed by atoms with Crippen molar-refractivity contribution in [2.75, 3.05) is 20.3 Å². The van der Waals surface area contributed by atoms with Crippen molar-refractivity contribution >= 4 is 5.97 Å². The molecule has 0 bridgehead atoms. The second-order valence-electron chi connectivity index (χ2n) is 3.23. The van der Waals surface area contributed by atoms with Crippen LogP contribution in [0.1, 0.15) is 26.7 Å². The van der Waals surface area contributed by atoms with Gasteiger partial charge in [-0.3, -0.25) is 4.79 Å². The van der Waals surface area contributed by atoms with Crippen LogP contribution in [0.5, 0.6) is 0 Å². The minimum absolute atomic E-state index is 0.226. The van der Waals surface area contributed by atoms with E-state index in [0.29, 0.717) is 13.0 Å². The number of hydrogen-bond acceptors (Lipinski definition) is 4. The Morgan fingerprint density at radius 1 is 1.54 bits per heavy atom. The highest BCUT2D eigenvalue weighted by atomic mass is 16.5. The molecule has 4 nitrogen and oxygen atoms in total. The van der Waals surface area contributed by atoms with Crippen LogP contribution < -0.4 is 0 Å². The molecule has 1 atom stereocenters. The molecule has 0 amide bonds. The molecule has 0 fully saturated rings. The molecule has 1 unspecified atom stereocenters. The molecule has 0 saturated heterocycles. The SMILES string of the molecule is CCOC(=O)CCC(C)(O)COC. The standard InChI is InChI=1S/C9H18O4/c1-4-13-8(10)5-6-9(2,11)7-12-3/h11H,4-7H2,1-3H3. The molecule has 13 heavy (non-hydrogen) atoms. The van der Waals surface area contributed by atoms with Gasteiger partial charge in [-0.15, -0.1) is 0 Å². The van der Waals surface area contributed by atoms with Gasteiger partial charge in [0.2, 0.25) is 0 Å². The van der Waals surface area contributed by atoms with Gasteiger partial charge in [-0.1, -0.05) is 0 Å². The fraction of sp³-hybridized carbons (Fsp3) is 0.889. The van der Waals surface area contributed by atoms with E-state index in [2.05, 4.69) is 0 Å². The first-order valence-electron chi connectivity index (χ1n) is 4.39. The number of methoxy groups -OCH3 is 1. The van der Waals surface area contributed by atoms with Gasteiger partial charge < -0.3 is 14.6 Å². The lowest BCUT2D eigenvalue weighted by molar-refractivity contribution is -0.144. The highest BCUT2D eigenvalue weighted by Crippen LogP contribution is 2.12. The molecule has 0 saturated carbocycles. The van der Waals surface area contributed by atoms with E-state index < -0.39 is 5.60 Å². The van der Waals surface area contributed by atoms with Gasteiger partial charge in [-0.05, 0) is 20.3 Å². The zero-order chi connectivity index (χ0) is 10.3. The van der Waals surface area contributed by atoms with Crippen LogP contribution in [0, 0.1) is 0 Å². The van der Waals surface area contributed by atoms with E-state index in [-0.39, 0.29) is 19.0 Å². The number of esters is 1. The van der Waals surface area contributed by atoms with Crippen molar-refractivity contribution in [2.24, 2.45) is 0 Å². The molecule has 0 spiro atoms. The van der Waals surface area contributed by atoms with Gasteiger partial charge in [0.25, 0.3) is 0 Å². The molecule has 0 heterocycles. The second kappa shape index (κ2) is 5.94. The maximum absolute atomic E-state index is 10.9. The summed E-state index contributed by atoms with van der Waals surface area (Å²) in [5, 5.41) is 9.60. The Bertz CT molecular complexity index is 154. The molecule has 78 valence electrons. The Morgan fingerprint density at radius 3 is 2.62 bits per heavy atom. The van der Waals surface area contributed by atoms with Crippen molar-refractivity contribution in [3.8, 4) is 0 Å². The first-order valence-corrected chi connectivity index (χ1v) is 4.39. The first-order chi connectivity index (χ1) is 6.02. The van der Waals surface area contributed by atoms with E-state index in [9.17, 15) is 9.90 Å². The minimum Gasteiger partial charge on any atom is -0.466 e. The number of carbonyl (C=O) groups excluding carboxylic acids is 1. The molecule has 0 aromatic carbocycles. The van der Waals surface area contributed by atoms with Crippen molar-refractivity contribution < 1.29 is 19.4 Å². The minimum atomic E-state index is -0.943.